The van der Waals surface area contributed by atoms with Gasteiger partial charge in [0.15, 0.2) is 0 Å². The first-order chi connectivity index (χ1) is 13.4. The first kappa shape index (κ1) is 20.2. The Kier molecular flexibility index (Phi) is 6.26. The second-order valence-corrected chi connectivity index (χ2v) is 8.69. The molecule has 1 fully saturated rings. The molecule has 7 heteroatoms. The third kappa shape index (κ3) is 5.27. The van der Waals surface area contributed by atoms with E-state index in [-0.39, 0.29) is 0 Å². The van der Waals surface area contributed by atoms with Crippen molar-refractivity contribution < 1.29 is 13.2 Å². The summed E-state index contributed by atoms with van der Waals surface area (Å²) in [5, 5.41) is 4.67. The van der Waals surface area contributed by atoms with Crippen LogP contribution in [0.3, 0.4) is 0 Å². The molecule has 0 aromatic heterocycles. The summed E-state index contributed by atoms with van der Waals surface area (Å²) in [6.45, 7) is 6.00. The molecule has 0 radical (unpaired) electrons. The Morgan fingerprint density at radius 2 is 1.79 bits per heavy atom. The Morgan fingerprint density at radius 3 is 2.43 bits per heavy atom. The van der Waals surface area contributed by atoms with Crippen molar-refractivity contribution in [1.82, 2.24) is 5.32 Å². The number of rotatable bonds is 6. The molecule has 1 aliphatic rings. The zero-order valence-corrected chi connectivity index (χ0v) is 17.2. The predicted molar refractivity (Wildman–Crippen MR) is 115 cm³/mol. The van der Waals surface area contributed by atoms with Gasteiger partial charge in [-0.15, -0.1) is 0 Å². The van der Waals surface area contributed by atoms with Gasteiger partial charge in [0.2, 0.25) is 0 Å². The van der Waals surface area contributed by atoms with E-state index >= 15 is 0 Å². The van der Waals surface area contributed by atoms with Crippen molar-refractivity contribution in [3.63, 3.8) is 0 Å². The van der Waals surface area contributed by atoms with Crippen LogP contribution < -0.4 is 19.7 Å². The van der Waals surface area contributed by atoms with E-state index in [1.807, 2.05) is 42.5 Å². The van der Waals surface area contributed by atoms with Gasteiger partial charge in [-0.3, -0.25) is 4.72 Å². The lowest BCUT2D eigenvalue weighted by Crippen LogP contribution is -2.54. The number of sulfonamides is 1. The maximum absolute atomic E-state index is 12.6. The Labute approximate surface area is 167 Å². The standard InChI is InChI=1S/C21H27N3O3S/c1-16-14-24(15-17(2)22-16)19-9-10-21(27-3)20(13-19)23-28(25,26)12-11-18-7-5-4-6-8-18/h4-13,16-17,22-23H,14-15H2,1-3H3. The highest BCUT2D eigenvalue weighted by atomic mass is 32.2. The van der Waals surface area contributed by atoms with Gasteiger partial charge in [-0.1, -0.05) is 30.3 Å². The Bertz CT molecular complexity index is 919. The number of ether oxygens (including phenoxy) is 1. The third-order valence-electron chi connectivity index (χ3n) is 4.60. The van der Waals surface area contributed by atoms with Gasteiger partial charge in [0.1, 0.15) is 5.75 Å². The summed E-state index contributed by atoms with van der Waals surface area (Å²) in [7, 11) is -2.15. The monoisotopic (exact) mass is 401 g/mol. The molecule has 2 aromatic carbocycles. The fraction of sp³-hybridized carbons (Fsp3) is 0.333. The topological polar surface area (TPSA) is 70.7 Å². The number of hydrogen-bond donors (Lipinski definition) is 2. The molecule has 0 amide bonds. The fourth-order valence-electron chi connectivity index (χ4n) is 3.43. The molecule has 2 aromatic rings. The Hall–Kier alpha value is -2.51. The van der Waals surface area contributed by atoms with Crippen LogP contribution in [-0.4, -0.2) is 40.7 Å². The summed E-state index contributed by atoms with van der Waals surface area (Å²) in [4.78, 5) is 2.25. The van der Waals surface area contributed by atoms with E-state index in [0.29, 0.717) is 23.5 Å². The van der Waals surface area contributed by atoms with Crippen molar-refractivity contribution in [2.24, 2.45) is 0 Å². The molecule has 28 heavy (non-hydrogen) atoms. The molecular weight excluding hydrogens is 374 g/mol. The smallest absolute Gasteiger partial charge is 0.255 e. The number of methoxy groups -OCH3 is 1. The van der Waals surface area contributed by atoms with Gasteiger partial charge in [0.25, 0.3) is 10.0 Å². The molecular formula is C21H27N3O3S. The van der Waals surface area contributed by atoms with E-state index in [2.05, 4.69) is 28.8 Å². The molecule has 6 nitrogen and oxygen atoms in total. The van der Waals surface area contributed by atoms with Crippen LogP contribution in [0.15, 0.2) is 53.9 Å². The van der Waals surface area contributed by atoms with E-state index < -0.39 is 10.0 Å². The Balaban J connectivity index is 1.83. The lowest BCUT2D eigenvalue weighted by atomic mass is 10.1. The van der Waals surface area contributed by atoms with E-state index in [1.165, 1.54) is 12.5 Å². The molecule has 1 heterocycles. The van der Waals surface area contributed by atoms with E-state index in [1.54, 1.807) is 12.1 Å². The van der Waals surface area contributed by atoms with Gasteiger partial charge < -0.3 is 15.0 Å². The summed E-state index contributed by atoms with van der Waals surface area (Å²) in [5.41, 5.74) is 2.21. The predicted octanol–water partition coefficient (Wildman–Crippen LogP) is 3.29. The summed E-state index contributed by atoms with van der Waals surface area (Å²) in [6.07, 6.45) is 1.57. The van der Waals surface area contributed by atoms with Crippen LogP contribution in [-0.2, 0) is 10.0 Å². The molecule has 2 N–H and O–H groups in total. The normalized spacial score (nSPS) is 20.3. The zero-order valence-electron chi connectivity index (χ0n) is 16.4. The van der Waals surface area contributed by atoms with Gasteiger partial charge in [-0.05, 0) is 43.7 Å². The minimum Gasteiger partial charge on any atom is -0.495 e. The van der Waals surface area contributed by atoms with Crippen LogP contribution in [0.1, 0.15) is 19.4 Å². The molecule has 2 unspecified atom stereocenters. The maximum Gasteiger partial charge on any atom is 0.255 e. The number of anilines is 2. The van der Waals surface area contributed by atoms with Crippen molar-refractivity contribution in [3.05, 3.63) is 59.5 Å². The molecule has 1 saturated heterocycles. The number of piperazine rings is 1. The van der Waals surface area contributed by atoms with Gasteiger partial charge in [-0.2, -0.15) is 0 Å². The van der Waals surface area contributed by atoms with Crippen LogP contribution in [0.25, 0.3) is 6.08 Å². The van der Waals surface area contributed by atoms with E-state index in [0.717, 1.165) is 24.3 Å². The summed E-state index contributed by atoms with van der Waals surface area (Å²) in [6, 6.07) is 15.6. The van der Waals surface area contributed by atoms with Crippen LogP contribution in [0, 0.1) is 0 Å². The van der Waals surface area contributed by atoms with Gasteiger partial charge >= 0.3 is 0 Å². The van der Waals surface area contributed by atoms with Crippen molar-refractivity contribution >= 4 is 27.5 Å². The third-order valence-corrected chi connectivity index (χ3v) is 5.60. The van der Waals surface area contributed by atoms with Crippen LogP contribution in [0.2, 0.25) is 0 Å². The summed E-state index contributed by atoms with van der Waals surface area (Å²) >= 11 is 0. The van der Waals surface area contributed by atoms with Gasteiger partial charge in [-0.25, -0.2) is 8.42 Å². The molecule has 2 atom stereocenters. The second-order valence-electron chi connectivity index (χ2n) is 7.12. The SMILES string of the molecule is COc1ccc(N2CC(C)NC(C)C2)cc1NS(=O)(=O)C=Cc1ccccc1. The van der Waals surface area contributed by atoms with Crippen LogP contribution in [0.5, 0.6) is 5.75 Å². The highest BCUT2D eigenvalue weighted by Crippen LogP contribution is 2.31. The average molecular weight is 402 g/mol. The van der Waals surface area contributed by atoms with E-state index in [9.17, 15) is 8.42 Å². The molecule has 0 saturated carbocycles. The molecule has 1 aliphatic heterocycles. The molecule has 3 rings (SSSR count). The first-order valence-corrected chi connectivity index (χ1v) is 10.9. The minimum absolute atomic E-state index is 0.361. The average Bonchev–Trinajstić information content (AvgIpc) is 2.66. The quantitative estimate of drug-likeness (QED) is 0.777. The van der Waals surface area contributed by atoms with Crippen molar-refractivity contribution in [2.75, 3.05) is 29.8 Å². The summed E-state index contributed by atoms with van der Waals surface area (Å²) in [5.74, 6) is 0.483. The van der Waals surface area contributed by atoms with Crippen LogP contribution >= 0.6 is 0 Å². The fourth-order valence-corrected chi connectivity index (χ4v) is 4.30. The molecule has 0 bridgehead atoms. The van der Waals surface area contributed by atoms with E-state index in [4.69, 9.17) is 4.74 Å². The zero-order chi connectivity index (χ0) is 20.1. The number of benzene rings is 2. The van der Waals surface area contributed by atoms with Crippen molar-refractivity contribution in [2.45, 2.75) is 25.9 Å². The van der Waals surface area contributed by atoms with Gasteiger partial charge in [0, 0.05) is 30.9 Å². The minimum atomic E-state index is -3.68. The lowest BCUT2D eigenvalue weighted by molar-refractivity contribution is 0.406. The Morgan fingerprint density at radius 1 is 1.11 bits per heavy atom. The second kappa shape index (κ2) is 8.67. The van der Waals surface area contributed by atoms with Gasteiger partial charge in [0.05, 0.1) is 18.2 Å². The largest absolute Gasteiger partial charge is 0.495 e. The highest BCUT2D eigenvalue weighted by Gasteiger charge is 2.22. The highest BCUT2D eigenvalue weighted by molar-refractivity contribution is 7.95. The van der Waals surface area contributed by atoms with Crippen molar-refractivity contribution in [1.29, 1.82) is 0 Å². The number of nitrogens with one attached hydrogen (secondary N) is 2. The first-order valence-electron chi connectivity index (χ1n) is 9.31. The number of nitrogens with zero attached hydrogens (tertiary/aromatic N) is 1. The maximum atomic E-state index is 12.6. The molecule has 0 spiro atoms. The van der Waals surface area contributed by atoms with Crippen LogP contribution in [0.4, 0.5) is 11.4 Å². The number of hydrogen-bond acceptors (Lipinski definition) is 5. The summed E-state index contributed by atoms with van der Waals surface area (Å²) < 4.78 is 33.1. The van der Waals surface area contributed by atoms with Crippen molar-refractivity contribution in [3.8, 4) is 5.75 Å². The molecule has 150 valence electrons. The lowest BCUT2D eigenvalue weighted by Gasteiger charge is -2.37. The molecule has 0 aliphatic carbocycles.